The highest BCUT2D eigenvalue weighted by atomic mass is 19.4. The average molecular weight is 278 g/mol. The molecule has 0 saturated heterocycles. The second-order valence-electron chi connectivity index (χ2n) is 4.85. The van der Waals surface area contributed by atoms with Crippen molar-refractivity contribution in [2.45, 2.75) is 25.7 Å². The van der Waals surface area contributed by atoms with Crippen LogP contribution in [0.3, 0.4) is 0 Å². The fourth-order valence-electron chi connectivity index (χ4n) is 1.78. The highest BCUT2D eigenvalue weighted by Crippen LogP contribution is 2.30. The van der Waals surface area contributed by atoms with Gasteiger partial charge in [-0.15, -0.1) is 0 Å². The van der Waals surface area contributed by atoms with E-state index >= 15 is 0 Å². The molecule has 2 nitrogen and oxygen atoms in total. The molecule has 1 aromatic carbocycles. The van der Waals surface area contributed by atoms with Gasteiger partial charge in [0.1, 0.15) is 5.82 Å². The van der Waals surface area contributed by atoms with Gasteiger partial charge in [-0.05, 0) is 39.2 Å². The topological polar surface area (TPSA) is 15.3 Å². The van der Waals surface area contributed by atoms with E-state index in [1.165, 1.54) is 0 Å². The summed E-state index contributed by atoms with van der Waals surface area (Å²) in [5.41, 5.74) is -0.800. The quantitative estimate of drug-likeness (QED) is 0.833. The van der Waals surface area contributed by atoms with Crippen LogP contribution in [0.1, 0.15) is 18.1 Å². The number of likely N-dealkylation sites (N-methyl/N-ethyl adjacent to an activating group) is 1. The van der Waals surface area contributed by atoms with Gasteiger partial charge in [0.15, 0.2) is 0 Å². The van der Waals surface area contributed by atoms with E-state index < -0.39 is 17.6 Å². The van der Waals surface area contributed by atoms with E-state index in [-0.39, 0.29) is 18.2 Å². The predicted octanol–water partition coefficient (Wildman–Crippen LogP) is 2.88. The lowest BCUT2D eigenvalue weighted by molar-refractivity contribution is -0.137. The molecule has 0 bridgehead atoms. The Hall–Kier alpha value is -1.14. The van der Waals surface area contributed by atoms with Crippen molar-refractivity contribution >= 4 is 0 Å². The molecule has 0 heterocycles. The minimum atomic E-state index is -4.45. The first-order valence-electron chi connectivity index (χ1n) is 5.94. The van der Waals surface area contributed by atoms with E-state index in [0.717, 1.165) is 24.7 Å². The zero-order chi connectivity index (χ0) is 14.6. The van der Waals surface area contributed by atoms with Gasteiger partial charge in [0.2, 0.25) is 0 Å². The second-order valence-corrected chi connectivity index (χ2v) is 4.85. The molecule has 0 aliphatic heterocycles. The lowest BCUT2D eigenvalue weighted by atomic mass is 10.1. The van der Waals surface area contributed by atoms with Gasteiger partial charge in [-0.3, -0.25) is 0 Å². The van der Waals surface area contributed by atoms with Gasteiger partial charge in [0, 0.05) is 24.7 Å². The van der Waals surface area contributed by atoms with Gasteiger partial charge >= 0.3 is 6.18 Å². The van der Waals surface area contributed by atoms with Crippen molar-refractivity contribution in [3.8, 4) is 0 Å². The van der Waals surface area contributed by atoms with Crippen molar-refractivity contribution in [2.24, 2.45) is 0 Å². The average Bonchev–Trinajstić information content (AvgIpc) is 2.25. The van der Waals surface area contributed by atoms with Gasteiger partial charge in [-0.1, -0.05) is 0 Å². The van der Waals surface area contributed by atoms with Crippen molar-refractivity contribution in [3.05, 3.63) is 35.1 Å². The number of benzene rings is 1. The van der Waals surface area contributed by atoms with Crippen LogP contribution < -0.4 is 5.32 Å². The van der Waals surface area contributed by atoms with Crippen LogP contribution in [0.2, 0.25) is 0 Å². The molecule has 1 unspecified atom stereocenters. The lowest BCUT2D eigenvalue weighted by Crippen LogP contribution is -2.35. The monoisotopic (exact) mass is 278 g/mol. The highest BCUT2D eigenvalue weighted by Gasteiger charge is 2.31. The number of hydrogen-bond acceptors (Lipinski definition) is 2. The molecule has 0 fully saturated rings. The van der Waals surface area contributed by atoms with Crippen LogP contribution in [-0.4, -0.2) is 31.6 Å². The third-order valence-electron chi connectivity index (χ3n) is 2.65. The molecular formula is C13H18F4N2. The van der Waals surface area contributed by atoms with Crippen molar-refractivity contribution < 1.29 is 17.6 Å². The maximum atomic E-state index is 13.5. The van der Waals surface area contributed by atoms with Crippen LogP contribution in [0.4, 0.5) is 17.6 Å². The smallest absolute Gasteiger partial charge is 0.309 e. The SMILES string of the molecule is CC(CN(C)C)NCc1cc(C(F)(F)F)ccc1F. The molecule has 0 amide bonds. The van der Waals surface area contributed by atoms with Crippen LogP contribution in [0.25, 0.3) is 0 Å². The largest absolute Gasteiger partial charge is 0.416 e. The summed E-state index contributed by atoms with van der Waals surface area (Å²) in [5.74, 6) is -0.627. The fraction of sp³-hybridized carbons (Fsp3) is 0.538. The van der Waals surface area contributed by atoms with E-state index in [9.17, 15) is 17.6 Å². The molecule has 1 aromatic rings. The summed E-state index contributed by atoms with van der Waals surface area (Å²) in [6.07, 6.45) is -4.45. The maximum absolute atomic E-state index is 13.5. The number of rotatable bonds is 5. The summed E-state index contributed by atoms with van der Waals surface area (Å²) >= 11 is 0. The Morgan fingerprint density at radius 3 is 2.42 bits per heavy atom. The first kappa shape index (κ1) is 15.9. The molecule has 0 aliphatic carbocycles. The molecule has 0 spiro atoms. The summed E-state index contributed by atoms with van der Waals surface area (Å²) in [5, 5.41) is 3.00. The van der Waals surface area contributed by atoms with Gasteiger partial charge in [0.25, 0.3) is 0 Å². The van der Waals surface area contributed by atoms with Gasteiger partial charge < -0.3 is 10.2 Å². The minimum Gasteiger partial charge on any atom is -0.309 e. The summed E-state index contributed by atoms with van der Waals surface area (Å²) in [6, 6.07) is 2.52. The van der Waals surface area contributed by atoms with Gasteiger partial charge in [0.05, 0.1) is 5.56 Å². The van der Waals surface area contributed by atoms with Crippen molar-refractivity contribution in [1.29, 1.82) is 0 Å². The molecular weight excluding hydrogens is 260 g/mol. The normalized spacial score (nSPS) is 13.9. The molecule has 0 radical (unpaired) electrons. The maximum Gasteiger partial charge on any atom is 0.416 e. The summed E-state index contributed by atoms with van der Waals surface area (Å²) < 4.78 is 51.0. The number of alkyl halides is 3. The van der Waals surface area contributed by atoms with Crippen LogP contribution in [0.5, 0.6) is 0 Å². The van der Waals surface area contributed by atoms with E-state index in [4.69, 9.17) is 0 Å². The number of nitrogens with one attached hydrogen (secondary N) is 1. The Morgan fingerprint density at radius 1 is 1.26 bits per heavy atom. The third-order valence-corrected chi connectivity index (χ3v) is 2.65. The summed E-state index contributed by atoms with van der Waals surface area (Å²) in [7, 11) is 3.78. The molecule has 108 valence electrons. The first-order valence-corrected chi connectivity index (χ1v) is 5.94. The first-order chi connectivity index (χ1) is 8.70. The van der Waals surface area contributed by atoms with Gasteiger partial charge in [-0.2, -0.15) is 13.2 Å². The van der Waals surface area contributed by atoms with Crippen LogP contribution in [-0.2, 0) is 12.7 Å². The Labute approximate surface area is 110 Å². The van der Waals surface area contributed by atoms with Crippen molar-refractivity contribution in [2.75, 3.05) is 20.6 Å². The molecule has 1 atom stereocenters. The molecule has 0 aromatic heterocycles. The number of nitrogens with zero attached hydrogens (tertiary/aromatic N) is 1. The Morgan fingerprint density at radius 2 is 1.89 bits per heavy atom. The Balaban J connectivity index is 2.72. The lowest BCUT2D eigenvalue weighted by Gasteiger charge is -2.19. The number of halogens is 4. The standard InChI is InChI=1S/C13H18F4N2/c1-9(8-19(2)3)18-7-10-6-11(13(15,16)17)4-5-12(10)14/h4-6,9,18H,7-8H2,1-3H3. The third kappa shape index (κ3) is 5.16. The Kier molecular flexibility index (Phi) is 5.31. The van der Waals surface area contributed by atoms with E-state index in [1.54, 1.807) is 0 Å². The van der Waals surface area contributed by atoms with Gasteiger partial charge in [-0.25, -0.2) is 4.39 Å². The Bertz CT molecular complexity index is 416. The molecule has 1 N–H and O–H groups in total. The highest BCUT2D eigenvalue weighted by molar-refractivity contribution is 5.27. The van der Waals surface area contributed by atoms with Crippen LogP contribution in [0, 0.1) is 5.82 Å². The second kappa shape index (κ2) is 6.34. The van der Waals surface area contributed by atoms with E-state index in [1.807, 2.05) is 25.9 Å². The molecule has 19 heavy (non-hydrogen) atoms. The summed E-state index contributed by atoms with van der Waals surface area (Å²) in [4.78, 5) is 1.94. The molecule has 1 rings (SSSR count). The van der Waals surface area contributed by atoms with E-state index in [2.05, 4.69) is 5.32 Å². The van der Waals surface area contributed by atoms with Crippen LogP contribution in [0.15, 0.2) is 18.2 Å². The predicted molar refractivity (Wildman–Crippen MR) is 66.3 cm³/mol. The summed E-state index contributed by atoms with van der Waals surface area (Å²) in [6.45, 7) is 2.69. The van der Waals surface area contributed by atoms with Crippen molar-refractivity contribution in [3.63, 3.8) is 0 Å². The molecule has 0 aliphatic rings. The minimum absolute atomic E-state index is 0.0282. The fourth-order valence-corrected chi connectivity index (χ4v) is 1.78. The molecule has 6 heteroatoms. The van der Waals surface area contributed by atoms with Crippen LogP contribution >= 0.6 is 0 Å². The molecule has 0 saturated carbocycles. The zero-order valence-electron chi connectivity index (χ0n) is 11.2. The van der Waals surface area contributed by atoms with Crippen molar-refractivity contribution in [1.82, 2.24) is 10.2 Å². The number of hydrogen-bond donors (Lipinski definition) is 1. The van der Waals surface area contributed by atoms with E-state index in [0.29, 0.717) is 0 Å². The zero-order valence-corrected chi connectivity index (χ0v) is 11.2.